The SMILES string of the molecule is FC(F)(F)c1ccccc1COCC1CCN1. The van der Waals surface area contributed by atoms with Crippen molar-refractivity contribution in [3.05, 3.63) is 35.4 Å². The van der Waals surface area contributed by atoms with Crippen LogP contribution < -0.4 is 5.32 Å². The van der Waals surface area contributed by atoms with Gasteiger partial charge in [0.05, 0.1) is 18.8 Å². The Morgan fingerprint density at radius 2 is 2.00 bits per heavy atom. The predicted molar refractivity (Wildman–Crippen MR) is 57.5 cm³/mol. The molecule has 1 N–H and O–H groups in total. The van der Waals surface area contributed by atoms with Crippen LogP contribution in [0.3, 0.4) is 0 Å². The first-order valence-electron chi connectivity index (χ1n) is 5.53. The Morgan fingerprint density at radius 3 is 2.59 bits per heavy atom. The van der Waals surface area contributed by atoms with E-state index >= 15 is 0 Å². The zero-order valence-corrected chi connectivity index (χ0v) is 9.26. The van der Waals surface area contributed by atoms with Crippen LogP contribution in [0.5, 0.6) is 0 Å². The number of rotatable bonds is 4. The minimum absolute atomic E-state index is 0.00780. The Balaban J connectivity index is 1.94. The number of halogens is 3. The molecule has 1 aromatic carbocycles. The van der Waals surface area contributed by atoms with E-state index in [0.29, 0.717) is 12.6 Å². The topological polar surface area (TPSA) is 21.3 Å². The lowest BCUT2D eigenvalue weighted by molar-refractivity contribution is -0.138. The number of hydrogen-bond acceptors (Lipinski definition) is 2. The highest BCUT2D eigenvalue weighted by Crippen LogP contribution is 2.32. The number of benzene rings is 1. The highest BCUT2D eigenvalue weighted by molar-refractivity contribution is 5.28. The monoisotopic (exact) mass is 245 g/mol. The summed E-state index contributed by atoms with van der Waals surface area (Å²) >= 11 is 0. The van der Waals surface area contributed by atoms with Crippen LogP contribution in [0, 0.1) is 0 Å². The lowest BCUT2D eigenvalue weighted by Crippen LogP contribution is -2.45. The minimum Gasteiger partial charge on any atom is -0.375 e. The summed E-state index contributed by atoms with van der Waals surface area (Å²) in [7, 11) is 0. The lowest BCUT2D eigenvalue weighted by atomic mass is 10.1. The standard InChI is InChI=1S/C12H14F3NO/c13-12(14,15)11-4-2-1-3-9(11)7-17-8-10-5-6-16-10/h1-4,10,16H,5-8H2. The Kier molecular flexibility index (Phi) is 3.69. The van der Waals surface area contributed by atoms with Crippen LogP contribution >= 0.6 is 0 Å². The fourth-order valence-corrected chi connectivity index (χ4v) is 1.72. The highest BCUT2D eigenvalue weighted by atomic mass is 19.4. The first-order valence-corrected chi connectivity index (χ1v) is 5.53. The molecule has 0 radical (unpaired) electrons. The Morgan fingerprint density at radius 1 is 1.29 bits per heavy atom. The number of ether oxygens (including phenoxy) is 1. The van der Waals surface area contributed by atoms with Crippen LogP contribution in [-0.4, -0.2) is 19.2 Å². The summed E-state index contributed by atoms with van der Waals surface area (Å²) in [5, 5.41) is 3.13. The van der Waals surface area contributed by atoms with Gasteiger partial charge in [0.25, 0.3) is 0 Å². The van der Waals surface area contributed by atoms with Crippen LogP contribution in [0.1, 0.15) is 17.5 Å². The third-order valence-electron chi connectivity index (χ3n) is 2.83. The van der Waals surface area contributed by atoms with Crippen molar-refractivity contribution in [2.75, 3.05) is 13.2 Å². The van der Waals surface area contributed by atoms with Crippen molar-refractivity contribution in [1.29, 1.82) is 0 Å². The molecule has 1 fully saturated rings. The van der Waals surface area contributed by atoms with Crippen LogP contribution in [-0.2, 0) is 17.5 Å². The molecule has 0 aromatic heterocycles. The third kappa shape index (κ3) is 3.20. The van der Waals surface area contributed by atoms with E-state index in [1.54, 1.807) is 6.07 Å². The lowest BCUT2D eigenvalue weighted by Gasteiger charge is -2.27. The molecular weight excluding hydrogens is 231 g/mol. The summed E-state index contributed by atoms with van der Waals surface area (Å²) in [6.45, 7) is 1.44. The predicted octanol–water partition coefficient (Wildman–Crippen LogP) is 2.58. The maximum absolute atomic E-state index is 12.6. The van der Waals surface area contributed by atoms with E-state index in [2.05, 4.69) is 5.32 Å². The number of alkyl halides is 3. The second-order valence-corrected chi connectivity index (χ2v) is 4.11. The van der Waals surface area contributed by atoms with E-state index in [0.717, 1.165) is 19.0 Å². The zero-order valence-electron chi connectivity index (χ0n) is 9.26. The molecule has 0 saturated carbocycles. The van der Waals surface area contributed by atoms with Crippen molar-refractivity contribution in [3.63, 3.8) is 0 Å². The number of hydrogen-bond donors (Lipinski definition) is 1. The summed E-state index contributed by atoms with van der Waals surface area (Å²) in [6, 6.07) is 5.82. The molecule has 1 saturated heterocycles. The van der Waals surface area contributed by atoms with E-state index in [9.17, 15) is 13.2 Å². The second-order valence-electron chi connectivity index (χ2n) is 4.11. The Labute approximate surface area is 97.8 Å². The van der Waals surface area contributed by atoms with Crippen molar-refractivity contribution in [3.8, 4) is 0 Å². The molecule has 1 aromatic rings. The summed E-state index contributed by atoms with van der Waals surface area (Å²) in [6.07, 6.45) is -3.28. The van der Waals surface area contributed by atoms with Gasteiger partial charge in [-0.2, -0.15) is 13.2 Å². The van der Waals surface area contributed by atoms with Crippen LogP contribution in [0.4, 0.5) is 13.2 Å². The molecule has 5 heteroatoms. The van der Waals surface area contributed by atoms with Gasteiger partial charge in [-0.25, -0.2) is 0 Å². The van der Waals surface area contributed by atoms with Gasteiger partial charge in [-0.1, -0.05) is 18.2 Å². The van der Waals surface area contributed by atoms with Crippen LogP contribution in [0.25, 0.3) is 0 Å². The van der Waals surface area contributed by atoms with Gasteiger partial charge in [0.15, 0.2) is 0 Å². The van der Waals surface area contributed by atoms with Gasteiger partial charge in [0, 0.05) is 6.04 Å². The molecule has 2 nitrogen and oxygen atoms in total. The second kappa shape index (κ2) is 5.06. The van der Waals surface area contributed by atoms with Crippen molar-refractivity contribution in [2.24, 2.45) is 0 Å². The molecule has 0 amide bonds. The molecule has 1 heterocycles. The maximum atomic E-state index is 12.6. The molecule has 1 unspecified atom stereocenters. The van der Waals surface area contributed by atoms with E-state index in [-0.39, 0.29) is 12.2 Å². The van der Waals surface area contributed by atoms with Crippen molar-refractivity contribution in [2.45, 2.75) is 25.2 Å². The average molecular weight is 245 g/mol. The fraction of sp³-hybridized carbons (Fsp3) is 0.500. The molecule has 0 spiro atoms. The first-order chi connectivity index (χ1) is 8.07. The maximum Gasteiger partial charge on any atom is 0.416 e. The van der Waals surface area contributed by atoms with Gasteiger partial charge in [-0.15, -0.1) is 0 Å². The first kappa shape index (κ1) is 12.4. The summed E-state index contributed by atoms with van der Waals surface area (Å²) in [5.74, 6) is 0. The van der Waals surface area contributed by atoms with Crippen molar-refractivity contribution < 1.29 is 17.9 Å². The molecule has 17 heavy (non-hydrogen) atoms. The summed E-state index contributed by atoms with van der Waals surface area (Å²) in [4.78, 5) is 0. The van der Waals surface area contributed by atoms with E-state index < -0.39 is 11.7 Å². The molecule has 1 atom stereocenters. The van der Waals surface area contributed by atoms with Gasteiger partial charge in [0.1, 0.15) is 0 Å². The molecule has 1 aliphatic heterocycles. The number of nitrogens with one attached hydrogen (secondary N) is 1. The van der Waals surface area contributed by atoms with Gasteiger partial charge < -0.3 is 10.1 Å². The molecule has 0 bridgehead atoms. The van der Waals surface area contributed by atoms with E-state index in [4.69, 9.17) is 4.74 Å². The Hall–Kier alpha value is -1.07. The quantitative estimate of drug-likeness (QED) is 0.880. The van der Waals surface area contributed by atoms with Crippen LogP contribution in [0.15, 0.2) is 24.3 Å². The summed E-state index contributed by atoms with van der Waals surface area (Å²) in [5.41, 5.74) is -0.416. The molecule has 0 aliphatic carbocycles. The molecular formula is C12H14F3NO. The van der Waals surface area contributed by atoms with Gasteiger partial charge >= 0.3 is 6.18 Å². The fourth-order valence-electron chi connectivity index (χ4n) is 1.72. The Bertz CT molecular complexity index is 374. The largest absolute Gasteiger partial charge is 0.416 e. The molecule has 1 aliphatic rings. The average Bonchev–Trinajstić information content (AvgIpc) is 2.21. The smallest absolute Gasteiger partial charge is 0.375 e. The van der Waals surface area contributed by atoms with Gasteiger partial charge in [-0.05, 0) is 24.6 Å². The van der Waals surface area contributed by atoms with E-state index in [1.807, 2.05) is 0 Å². The normalized spacial score (nSPS) is 20.1. The zero-order chi connectivity index (χ0) is 12.3. The van der Waals surface area contributed by atoms with Crippen molar-refractivity contribution >= 4 is 0 Å². The van der Waals surface area contributed by atoms with Gasteiger partial charge in [-0.3, -0.25) is 0 Å². The highest BCUT2D eigenvalue weighted by Gasteiger charge is 2.32. The minimum atomic E-state index is -4.31. The third-order valence-corrected chi connectivity index (χ3v) is 2.83. The van der Waals surface area contributed by atoms with E-state index in [1.165, 1.54) is 12.1 Å². The molecule has 2 rings (SSSR count). The van der Waals surface area contributed by atoms with Gasteiger partial charge in [0.2, 0.25) is 0 Å². The summed E-state index contributed by atoms with van der Waals surface area (Å²) < 4.78 is 43.2. The van der Waals surface area contributed by atoms with Crippen LogP contribution in [0.2, 0.25) is 0 Å². The molecule has 94 valence electrons. The van der Waals surface area contributed by atoms with Crippen molar-refractivity contribution in [1.82, 2.24) is 5.32 Å².